The van der Waals surface area contributed by atoms with Crippen molar-refractivity contribution >= 4 is 33.9 Å². The van der Waals surface area contributed by atoms with Crippen LogP contribution < -0.4 is 0 Å². The fourth-order valence-corrected chi connectivity index (χ4v) is 2.72. The summed E-state index contributed by atoms with van der Waals surface area (Å²) < 4.78 is 5.77. The second-order valence-electron chi connectivity index (χ2n) is 5.24. The minimum absolute atomic E-state index is 0.0730. The SMILES string of the molecule is COC(=O)C1CN(C(=O)/C=C/c2ccc(Br)cc2)CC1C. The molecule has 2 unspecified atom stereocenters. The maximum atomic E-state index is 12.2. The monoisotopic (exact) mass is 351 g/mol. The molecule has 1 amide bonds. The third kappa shape index (κ3) is 3.94. The first kappa shape index (κ1) is 15.8. The highest BCUT2D eigenvalue weighted by Crippen LogP contribution is 2.24. The molecule has 1 aliphatic rings. The number of methoxy groups -OCH3 is 1. The van der Waals surface area contributed by atoms with Gasteiger partial charge in [-0.3, -0.25) is 9.59 Å². The van der Waals surface area contributed by atoms with E-state index in [4.69, 9.17) is 4.74 Å². The summed E-state index contributed by atoms with van der Waals surface area (Å²) in [5.74, 6) is -0.409. The van der Waals surface area contributed by atoms with Crippen LogP contribution in [0.2, 0.25) is 0 Å². The number of ether oxygens (including phenoxy) is 1. The van der Waals surface area contributed by atoms with E-state index in [1.165, 1.54) is 7.11 Å². The Morgan fingerprint density at radius 2 is 1.95 bits per heavy atom. The summed E-state index contributed by atoms with van der Waals surface area (Å²) in [7, 11) is 1.38. The Morgan fingerprint density at radius 3 is 2.57 bits per heavy atom. The van der Waals surface area contributed by atoms with Crippen LogP contribution >= 0.6 is 15.9 Å². The Labute approximate surface area is 132 Å². The van der Waals surface area contributed by atoms with Gasteiger partial charge in [0.15, 0.2) is 0 Å². The number of esters is 1. The standard InChI is InChI=1S/C16H18BrNO3/c1-11-9-18(10-14(11)16(20)21-2)15(19)8-5-12-3-6-13(17)7-4-12/h3-8,11,14H,9-10H2,1-2H3/b8-5+. The number of nitrogens with zero attached hydrogens (tertiary/aromatic N) is 1. The summed E-state index contributed by atoms with van der Waals surface area (Å²) in [5.41, 5.74) is 0.961. The van der Waals surface area contributed by atoms with Gasteiger partial charge in [0.1, 0.15) is 0 Å². The summed E-state index contributed by atoms with van der Waals surface area (Å²) in [5, 5.41) is 0. The van der Waals surface area contributed by atoms with Gasteiger partial charge in [0.25, 0.3) is 0 Å². The number of carbonyl (C=O) groups excluding carboxylic acids is 2. The van der Waals surface area contributed by atoms with Crippen molar-refractivity contribution in [2.24, 2.45) is 11.8 Å². The molecule has 1 heterocycles. The smallest absolute Gasteiger partial charge is 0.310 e. The van der Waals surface area contributed by atoms with Crippen molar-refractivity contribution in [3.8, 4) is 0 Å². The Hall–Kier alpha value is -1.62. The molecule has 0 saturated carbocycles. The first-order chi connectivity index (χ1) is 10.0. The normalized spacial score (nSPS) is 21.8. The predicted octanol–water partition coefficient (Wildman–Crippen LogP) is 2.73. The lowest BCUT2D eigenvalue weighted by Crippen LogP contribution is -2.28. The van der Waals surface area contributed by atoms with E-state index in [0.29, 0.717) is 13.1 Å². The number of hydrogen-bond donors (Lipinski definition) is 0. The van der Waals surface area contributed by atoms with Crippen LogP contribution in [0.25, 0.3) is 6.08 Å². The molecule has 2 atom stereocenters. The zero-order valence-corrected chi connectivity index (χ0v) is 13.7. The molecule has 1 aliphatic heterocycles. The molecule has 0 spiro atoms. The van der Waals surface area contributed by atoms with Gasteiger partial charge in [-0.25, -0.2) is 0 Å². The molecule has 0 bridgehead atoms. The van der Waals surface area contributed by atoms with Crippen molar-refractivity contribution < 1.29 is 14.3 Å². The number of amides is 1. The Kier molecular flexibility index (Phi) is 5.17. The summed E-state index contributed by atoms with van der Waals surface area (Å²) in [6, 6.07) is 7.71. The summed E-state index contributed by atoms with van der Waals surface area (Å²) >= 11 is 3.37. The Balaban J connectivity index is 1.98. The van der Waals surface area contributed by atoms with Crippen molar-refractivity contribution in [1.29, 1.82) is 0 Å². The third-order valence-electron chi connectivity index (χ3n) is 3.72. The van der Waals surface area contributed by atoms with Crippen molar-refractivity contribution in [2.45, 2.75) is 6.92 Å². The van der Waals surface area contributed by atoms with Crippen molar-refractivity contribution in [1.82, 2.24) is 4.90 Å². The van der Waals surface area contributed by atoms with Crippen molar-refractivity contribution in [3.63, 3.8) is 0 Å². The van der Waals surface area contributed by atoms with Crippen LogP contribution in [0.1, 0.15) is 12.5 Å². The van der Waals surface area contributed by atoms with E-state index < -0.39 is 0 Å². The van der Waals surface area contributed by atoms with Crippen LogP contribution in [-0.2, 0) is 14.3 Å². The number of rotatable bonds is 3. The fraction of sp³-hybridized carbons (Fsp3) is 0.375. The van der Waals surface area contributed by atoms with E-state index in [2.05, 4.69) is 15.9 Å². The van der Waals surface area contributed by atoms with Gasteiger partial charge >= 0.3 is 5.97 Å². The zero-order chi connectivity index (χ0) is 15.4. The van der Waals surface area contributed by atoms with Gasteiger partial charge in [-0.05, 0) is 29.7 Å². The van der Waals surface area contributed by atoms with E-state index in [0.717, 1.165) is 10.0 Å². The van der Waals surface area contributed by atoms with Crippen molar-refractivity contribution in [2.75, 3.05) is 20.2 Å². The lowest BCUT2D eigenvalue weighted by Gasteiger charge is -2.13. The number of hydrogen-bond acceptors (Lipinski definition) is 3. The molecule has 0 radical (unpaired) electrons. The van der Waals surface area contributed by atoms with Gasteiger partial charge in [-0.2, -0.15) is 0 Å². The molecule has 4 nitrogen and oxygen atoms in total. The average molecular weight is 352 g/mol. The number of carbonyl (C=O) groups is 2. The van der Waals surface area contributed by atoms with Crippen LogP contribution in [0.15, 0.2) is 34.8 Å². The average Bonchev–Trinajstić information content (AvgIpc) is 2.87. The molecule has 5 heteroatoms. The molecular weight excluding hydrogens is 334 g/mol. The second kappa shape index (κ2) is 6.89. The summed E-state index contributed by atoms with van der Waals surface area (Å²) in [6.45, 7) is 2.98. The molecule has 21 heavy (non-hydrogen) atoms. The van der Waals surface area contributed by atoms with Crippen molar-refractivity contribution in [3.05, 3.63) is 40.4 Å². The van der Waals surface area contributed by atoms with Crippen LogP contribution in [0.4, 0.5) is 0 Å². The number of likely N-dealkylation sites (tertiary alicyclic amines) is 1. The zero-order valence-electron chi connectivity index (χ0n) is 12.1. The summed E-state index contributed by atoms with van der Waals surface area (Å²) in [6.07, 6.45) is 3.33. The molecule has 0 N–H and O–H groups in total. The Morgan fingerprint density at radius 1 is 1.29 bits per heavy atom. The Bertz CT molecular complexity index is 553. The molecule has 1 saturated heterocycles. The highest BCUT2D eigenvalue weighted by Gasteiger charge is 2.36. The quantitative estimate of drug-likeness (QED) is 0.621. The van der Waals surface area contributed by atoms with E-state index in [1.54, 1.807) is 17.1 Å². The fourth-order valence-electron chi connectivity index (χ4n) is 2.45. The summed E-state index contributed by atoms with van der Waals surface area (Å²) in [4.78, 5) is 25.5. The lowest BCUT2D eigenvalue weighted by atomic mass is 9.99. The second-order valence-corrected chi connectivity index (χ2v) is 6.15. The highest BCUT2D eigenvalue weighted by atomic mass is 79.9. The topological polar surface area (TPSA) is 46.6 Å². The van der Waals surface area contributed by atoms with Crippen LogP contribution in [0.5, 0.6) is 0 Å². The molecule has 0 aliphatic carbocycles. The molecule has 1 fully saturated rings. The van der Waals surface area contributed by atoms with E-state index >= 15 is 0 Å². The first-order valence-corrected chi connectivity index (χ1v) is 7.61. The highest BCUT2D eigenvalue weighted by molar-refractivity contribution is 9.10. The molecule has 2 rings (SSSR count). The minimum atomic E-state index is -0.241. The van der Waals surface area contributed by atoms with Gasteiger partial charge in [0, 0.05) is 23.6 Å². The van der Waals surface area contributed by atoms with Crippen LogP contribution in [0.3, 0.4) is 0 Å². The molecule has 0 aromatic heterocycles. The van der Waals surface area contributed by atoms with Gasteiger partial charge in [0.05, 0.1) is 13.0 Å². The van der Waals surface area contributed by atoms with Gasteiger partial charge in [-0.15, -0.1) is 0 Å². The van der Waals surface area contributed by atoms with Gasteiger partial charge < -0.3 is 9.64 Å². The number of benzene rings is 1. The van der Waals surface area contributed by atoms with E-state index in [9.17, 15) is 9.59 Å². The van der Waals surface area contributed by atoms with Gasteiger partial charge in [-0.1, -0.05) is 35.0 Å². The minimum Gasteiger partial charge on any atom is -0.469 e. The lowest BCUT2D eigenvalue weighted by molar-refractivity contribution is -0.146. The number of halogens is 1. The third-order valence-corrected chi connectivity index (χ3v) is 4.24. The largest absolute Gasteiger partial charge is 0.469 e. The van der Waals surface area contributed by atoms with E-state index in [-0.39, 0.29) is 23.7 Å². The maximum Gasteiger partial charge on any atom is 0.310 e. The van der Waals surface area contributed by atoms with Crippen LogP contribution in [0, 0.1) is 11.8 Å². The predicted molar refractivity (Wildman–Crippen MR) is 84.4 cm³/mol. The molecule has 1 aromatic rings. The molecule has 1 aromatic carbocycles. The molecule has 112 valence electrons. The van der Waals surface area contributed by atoms with E-state index in [1.807, 2.05) is 31.2 Å². The van der Waals surface area contributed by atoms with Crippen LogP contribution in [-0.4, -0.2) is 37.0 Å². The first-order valence-electron chi connectivity index (χ1n) is 6.81. The molecular formula is C16H18BrNO3. The van der Waals surface area contributed by atoms with Gasteiger partial charge in [0.2, 0.25) is 5.91 Å². The maximum absolute atomic E-state index is 12.2.